The van der Waals surface area contributed by atoms with Crippen molar-refractivity contribution in [3.63, 3.8) is 0 Å². The number of aryl methyl sites for hydroxylation is 1. The van der Waals surface area contributed by atoms with Gasteiger partial charge in [0.05, 0.1) is 0 Å². The Hall–Kier alpha value is -5.86. The molecule has 0 aliphatic carbocycles. The summed E-state index contributed by atoms with van der Waals surface area (Å²) in [4.78, 5) is 0. The maximum absolute atomic E-state index is 11.0. The largest absolute Gasteiger partial charge is 0.507 e. The minimum atomic E-state index is 0.282. The molecule has 8 aromatic carbocycles. The molecule has 1 N–H and O–H groups in total. The summed E-state index contributed by atoms with van der Waals surface area (Å²) in [5.74, 6) is 0.282. The van der Waals surface area contributed by atoms with Gasteiger partial charge in [-0.05, 0) is 103 Å². The predicted octanol–water partition coefficient (Wildman–Crippen LogP) is 12.1. The monoisotopic (exact) mass is 576 g/mol. The standard InChI is InChI=1S/C43H28O2/c1-26-10-2-3-11-29(26)37-24-27(20-22-39(37)44)30-15-8-17-35-32-12-4-5-13-33(32)36-18-9-16-31(43(36)42(30)35)28-21-23-41-38(25-28)34-14-6-7-19-40(34)45-41/h2-25,44H,1H3. The lowest BCUT2D eigenvalue weighted by atomic mass is 9.85. The zero-order valence-electron chi connectivity index (χ0n) is 24.7. The molecule has 0 aliphatic rings. The number of furan rings is 1. The maximum Gasteiger partial charge on any atom is 0.135 e. The number of hydrogen-bond donors (Lipinski definition) is 1. The Morgan fingerprint density at radius 1 is 0.400 bits per heavy atom. The zero-order valence-corrected chi connectivity index (χ0v) is 24.7. The van der Waals surface area contributed by atoms with Gasteiger partial charge in [0.1, 0.15) is 16.9 Å². The van der Waals surface area contributed by atoms with Crippen LogP contribution in [0.3, 0.4) is 0 Å². The molecule has 0 amide bonds. The SMILES string of the molecule is Cc1ccccc1-c1cc(-c2cccc3c4ccccc4c4cccc(-c5ccc6oc7ccccc7c6c5)c4c23)ccc1O. The van der Waals surface area contributed by atoms with Gasteiger partial charge in [0.2, 0.25) is 0 Å². The molecule has 9 rings (SSSR count). The van der Waals surface area contributed by atoms with Gasteiger partial charge in [0.25, 0.3) is 0 Å². The van der Waals surface area contributed by atoms with Crippen molar-refractivity contribution in [3.8, 4) is 39.1 Å². The molecule has 45 heavy (non-hydrogen) atoms. The van der Waals surface area contributed by atoms with E-state index in [2.05, 4.69) is 116 Å². The number of rotatable bonds is 3. The van der Waals surface area contributed by atoms with Crippen LogP contribution in [0.2, 0.25) is 0 Å². The average molecular weight is 577 g/mol. The number of para-hydroxylation sites is 1. The molecule has 0 bridgehead atoms. The zero-order chi connectivity index (χ0) is 30.1. The Balaban J connectivity index is 1.40. The molecule has 2 nitrogen and oxygen atoms in total. The van der Waals surface area contributed by atoms with Gasteiger partial charge in [0, 0.05) is 16.3 Å². The fraction of sp³-hybridized carbons (Fsp3) is 0.0233. The van der Waals surface area contributed by atoms with E-state index in [1.807, 2.05) is 36.4 Å². The molecule has 0 fully saturated rings. The van der Waals surface area contributed by atoms with E-state index in [0.717, 1.165) is 55.3 Å². The predicted molar refractivity (Wildman–Crippen MR) is 189 cm³/mol. The van der Waals surface area contributed by atoms with Crippen LogP contribution in [-0.2, 0) is 0 Å². The van der Waals surface area contributed by atoms with Crippen LogP contribution in [0.4, 0.5) is 0 Å². The molecule has 2 heteroatoms. The molecule has 9 aromatic rings. The van der Waals surface area contributed by atoms with Crippen LogP contribution < -0.4 is 0 Å². The van der Waals surface area contributed by atoms with E-state index in [1.54, 1.807) is 0 Å². The second-order valence-corrected chi connectivity index (χ2v) is 11.9. The van der Waals surface area contributed by atoms with Crippen LogP contribution in [-0.4, -0.2) is 5.11 Å². The summed E-state index contributed by atoms with van der Waals surface area (Å²) in [6.07, 6.45) is 0. The number of phenols is 1. The van der Waals surface area contributed by atoms with Crippen molar-refractivity contribution in [2.45, 2.75) is 6.92 Å². The quantitative estimate of drug-likeness (QED) is 0.212. The third-order valence-electron chi connectivity index (χ3n) is 9.32. The first-order valence-corrected chi connectivity index (χ1v) is 15.3. The number of hydrogen-bond acceptors (Lipinski definition) is 2. The molecule has 212 valence electrons. The van der Waals surface area contributed by atoms with Gasteiger partial charge in [-0.2, -0.15) is 0 Å². The van der Waals surface area contributed by atoms with E-state index >= 15 is 0 Å². The molecule has 0 saturated heterocycles. The summed E-state index contributed by atoms with van der Waals surface area (Å²) < 4.78 is 6.18. The van der Waals surface area contributed by atoms with Crippen molar-refractivity contribution >= 4 is 54.3 Å². The second-order valence-electron chi connectivity index (χ2n) is 11.9. The lowest BCUT2D eigenvalue weighted by Gasteiger charge is -2.18. The summed E-state index contributed by atoms with van der Waals surface area (Å²) in [5, 5.41) is 20.6. The lowest BCUT2D eigenvalue weighted by Crippen LogP contribution is -1.91. The highest BCUT2D eigenvalue weighted by molar-refractivity contribution is 6.31. The Kier molecular flexibility index (Phi) is 5.60. The highest BCUT2D eigenvalue weighted by atomic mass is 16.3. The average Bonchev–Trinajstić information content (AvgIpc) is 3.46. The fourth-order valence-corrected chi connectivity index (χ4v) is 7.21. The highest BCUT2D eigenvalue weighted by Crippen LogP contribution is 2.46. The molecule has 0 saturated carbocycles. The smallest absolute Gasteiger partial charge is 0.135 e. The molecule has 0 unspecified atom stereocenters. The van der Waals surface area contributed by atoms with Gasteiger partial charge in [-0.1, -0.05) is 115 Å². The second kappa shape index (κ2) is 9.83. The number of aromatic hydroxyl groups is 1. The van der Waals surface area contributed by atoms with Crippen LogP contribution in [0, 0.1) is 6.92 Å². The van der Waals surface area contributed by atoms with E-state index < -0.39 is 0 Å². The van der Waals surface area contributed by atoms with Gasteiger partial charge in [-0.15, -0.1) is 0 Å². The van der Waals surface area contributed by atoms with Crippen LogP contribution >= 0.6 is 0 Å². The highest BCUT2D eigenvalue weighted by Gasteiger charge is 2.18. The lowest BCUT2D eigenvalue weighted by molar-refractivity contribution is 0.477. The third kappa shape index (κ3) is 3.89. The normalized spacial score (nSPS) is 11.8. The molecular weight excluding hydrogens is 548 g/mol. The molecule has 0 spiro atoms. The molecule has 1 aromatic heterocycles. The molecule has 1 heterocycles. The summed E-state index contributed by atoms with van der Waals surface area (Å²) in [6, 6.07) is 51.0. The molecule has 0 radical (unpaired) electrons. The minimum absolute atomic E-state index is 0.282. The van der Waals surface area contributed by atoms with Gasteiger partial charge in [0.15, 0.2) is 0 Å². The Morgan fingerprint density at radius 2 is 0.933 bits per heavy atom. The third-order valence-corrected chi connectivity index (χ3v) is 9.32. The van der Waals surface area contributed by atoms with Crippen molar-refractivity contribution in [2.24, 2.45) is 0 Å². The maximum atomic E-state index is 11.0. The van der Waals surface area contributed by atoms with Gasteiger partial charge < -0.3 is 9.52 Å². The van der Waals surface area contributed by atoms with Crippen molar-refractivity contribution < 1.29 is 9.52 Å². The van der Waals surface area contributed by atoms with Crippen molar-refractivity contribution in [2.75, 3.05) is 0 Å². The summed E-state index contributed by atoms with van der Waals surface area (Å²) in [7, 11) is 0. The number of phenolic OH excluding ortho intramolecular Hbond substituents is 1. The van der Waals surface area contributed by atoms with E-state index in [0.29, 0.717) is 0 Å². The minimum Gasteiger partial charge on any atom is -0.507 e. The van der Waals surface area contributed by atoms with E-state index in [4.69, 9.17) is 4.42 Å². The topological polar surface area (TPSA) is 33.4 Å². The first-order chi connectivity index (χ1) is 22.2. The van der Waals surface area contributed by atoms with Crippen molar-refractivity contribution in [1.82, 2.24) is 0 Å². The van der Waals surface area contributed by atoms with Crippen LogP contribution in [0.5, 0.6) is 5.75 Å². The summed E-state index contributed by atoms with van der Waals surface area (Å²) in [5.41, 5.74) is 9.34. The molecule has 0 aliphatic heterocycles. The van der Waals surface area contributed by atoms with Crippen LogP contribution in [0.15, 0.2) is 150 Å². The number of fused-ring (bicyclic) bond motifs is 9. The molecule has 0 atom stereocenters. The summed E-state index contributed by atoms with van der Waals surface area (Å²) in [6.45, 7) is 2.09. The first kappa shape index (κ1) is 25.6. The van der Waals surface area contributed by atoms with Crippen molar-refractivity contribution in [1.29, 1.82) is 0 Å². The first-order valence-electron chi connectivity index (χ1n) is 15.3. The Morgan fingerprint density at radius 3 is 1.64 bits per heavy atom. The van der Waals surface area contributed by atoms with Gasteiger partial charge >= 0.3 is 0 Å². The van der Waals surface area contributed by atoms with Crippen LogP contribution in [0.1, 0.15) is 5.56 Å². The molecular formula is C43H28O2. The van der Waals surface area contributed by atoms with E-state index in [1.165, 1.54) is 37.9 Å². The Labute approximate surface area is 260 Å². The Bertz CT molecular complexity index is 2620. The number of benzene rings is 8. The summed E-state index contributed by atoms with van der Waals surface area (Å²) >= 11 is 0. The fourth-order valence-electron chi connectivity index (χ4n) is 7.21. The van der Waals surface area contributed by atoms with Crippen LogP contribution in [0.25, 0.3) is 87.6 Å². The van der Waals surface area contributed by atoms with E-state index in [9.17, 15) is 5.11 Å². The van der Waals surface area contributed by atoms with Crippen molar-refractivity contribution in [3.05, 3.63) is 151 Å². The van der Waals surface area contributed by atoms with Gasteiger partial charge in [-0.25, -0.2) is 0 Å². The van der Waals surface area contributed by atoms with Gasteiger partial charge in [-0.3, -0.25) is 0 Å². The van der Waals surface area contributed by atoms with E-state index in [-0.39, 0.29) is 5.75 Å².